The van der Waals surface area contributed by atoms with Gasteiger partial charge >= 0.3 is 0 Å². The van der Waals surface area contributed by atoms with Gasteiger partial charge < -0.3 is 5.32 Å². The minimum absolute atomic E-state index is 0.305. The van der Waals surface area contributed by atoms with Crippen molar-refractivity contribution in [3.05, 3.63) is 68.7 Å². The first-order valence-electron chi connectivity index (χ1n) is 6.36. The van der Waals surface area contributed by atoms with Gasteiger partial charge in [-0.1, -0.05) is 45.2 Å². The van der Waals surface area contributed by atoms with Crippen molar-refractivity contribution >= 4 is 61.6 Å². The van der Waals surface area contributed by atoms with Gasteiger partial charge in [0.2, 0.25) is 0 Å². The van der Waals surface area contributed by atoms with Crippen molar-refractivity contribution in [1.82, 2.24) is 4.98 Å². The van der Waals surface area contributed by atoms with Crippen LogP contribution in [-0.4, -0.2) is 10.9 Å². The minimum atomic E-state index is -0.309. The smallest absolute Gasteiger partial charge is 0.257 e. The van der Waals surface area contributed by atoms with E-state index in [9.17, 15) is 4.79 Å². The minimum Gasteiger partial charge on any atom is -0.320 e. The molecule has 0 unspecified atom stereocenters. The quantitative estimate of drug-likeness (QED) is 0.617. The number of nitrogens with zero attached hydrogens (tertiary/aromatic N) is 1. The summed E-state index contributed by atoms with van der Waals surface area (Å²) in [5.41, 5.74) is 1.68. The normalized spacial score (nSPS) is 10.7. The highest BCUT2D eigenvalue weighted by molar-refractivity contribution is 9.10. The molecule has 0 aliphatic carbocycles. The van der Waals surface area contributed by atoms with Crippen LogP contribution in [-0.2, 0) is 0 Å². The number of pyridine rings is 1. The van der Waals surface area contributed by atoms with Crippen molar-refractivity contribution in [2.45, 2.75) is 0 Å². The number of halogens is 3. The molecule has 1 heterocycles. The average Bonchev–Trinajstić information content (AvgIpc) is 2.50. The first-order chi connectivity index (χ1) is 10.6. The van der Waals surface area contributed by atoms with Gasteiger partial charge in [0.1, 0.15) is 0 Å². The molecule has 0 spiro atoms. The maximum Gasteiger partial charge on any atom is 0.257 e. The number of carbonyl (C=O) groups excluding carboxylic acids is 1. The number of benzene rings is 2. The molecule has 0 radical (unpaired) electrons. The molecular weight excluding hydrogens is 387 g/mol. The van der Waals surface area contributed by atoms with Gasteiger partial charge in [0, 0.05) is 21.1 Å². The number of anilines is 1. The Kier molecular flexibility index (Phi) is 4.34. The zero-order valence-corrected chi connectivity index (χ0v) is 14.2. The molecule has 2 aromatic carbocycles. The molecule has 3 nitrogen and oxygen atoms in total. The molecule has 0 saturated heterocycles. The predicted octanol–water partition coefficient (Wildman–Crippen LogP) is 5.56. The van der Waals surface area contributed by atoms with E-state index in [1.54, 1.807) is 24.4 Å². The van der Waals surface area contributed by atoms with E-state index in [-0.39, 0.29) is 5.91 Å². The monoisotopic (exact) mass is 394 g/mol. The summed E-state index contributed by atoms with van der Waals surface area (Å²) in [6.45, 7) is 0. The van der Waals surface area contributed by atoms with Gasteiger partial charge in [-0.15, -0.1) is 0 Å². The molecule has 3 rings (SSSR count). The Hall–Kier alpha value is -1.62. The first kappa shape index (κ1) is 15.3. The van der Waals surface area contributed by atoms with E-state index in [1.165, 1.54) is 6.07 Å². The van der Waals surface area contributed by atoms with Crippen LogP contribution in [0.4, 0.5) is 5.69 Å². The zero-order chi connectivity index (χ0) is 15.7. The van der Waals surface area contributed by atoms with Crippen LogP contribution in [0.1, 0.15) is 10.4 Å². The van der Waals surface area contributed by atoms with Crippen LogP contribution in [0.5, 0.6) is 0 Å². The molecule has 110 valence electrons. The van der Waals surface area contributed by atoms with E-state index in [2.05, 4.69) is 26.2 Å². The second kappa shape index (κ2) is 6.24. The first-order valence-corrected chi connectivity index (χ1v) is 7.91. The van der Waals surface area contributed by atoms with Gasteiger partial charge in [-0.25, -0.2) is 0 Å². The SMILES string of the molecule is O=C(Nc1ccc(Br)c2cccnc12)c1ccc(Cl)cc1Cl. The Labute approximate surface area is 145 Å². The van der Waals surface area contributed by atoms with Crippen molar-refractivity contribution in [1.29, 1.82) is 0 Å². The van der Waals surface area contributed by atoms with Crippen molar-refractivity contribution < 1.29 is 4.79 Å². The second-order valence-corrected chi connectivity index (χ2v) is 6.27. The van der Waals surface area contributed by atoms with Gasteiger partial charge in [-0.2, -0.15) is 0 Å². The van der Waals surface area contributed by atoms with Crippen molar-refractivity contribution in [3.8, 4) is 0 Å². The number of hydrogen-bond acceptors (Lipinski definition) is 2. The Morgan fingerprint density at radius 1 is 1.14 bits per heavy atom. The van der Waals surface area contributed by atoms with E-state index >= 15 is 0 Å². The van der Waals surface area contributed by atoms with Crippen LogP contribution in [0.25, 0.3) is 10.9 Å². The van der Waals surface area contributed by atoms with Crippen LogP contribution in [0.3, 0.4) is 0 Å². The highest BCUT2D eigenvalue weighted by Crippen LogP contribution is 2.29. The molecule has 1 aromatic heterocycles. The van der Waals surface area contributed by atoms with Gasteiger partial charge in [-0.3, -0.25) is 9.78 Å². The lowest BCUT2D eigenvalue weighted by Crippen LogP contribution is -2.13. The third kappa shape index (κ3) is 2.95. The summed E-state index contributed by atoms with van der Waals surface area (Å²) in [5.74, 6) is -0.309. The number of carbonyl (C=O) groups is 1. The number of amides is 1. The molecule has 0 aliphatic rings. The van der Waals surface area contributed by atoms with E-state index in [0.29, 0.717) is 26.8 Å². The number of aromatic nitrogens is 1. The molecule has 22 heavy (non-hydrogen) atoms. The van der Waals surface area contributed by atoms with Crippen molar-refractivity contribution in [3.63, 3.8) is 0 Å². The topological polar surface area (TPSA) is 42.0 Å². The largest absolute Gasteiger partial charge is 0.320 e. The van der Waals surface area contributed by atoms with E-state index in [1.807, 2.05) is 18.2 Å². The number of rotatable bonds is 2. The Morgan fingerprint density at radius 3 is 2.73 bits per heavy atom. The molecule has 0 atom stereocenters. The summed E-state index contributed by atoms with van der Waals surface area (Å²) in [6, 6.07) is 12.2. The standard InChI is InChI=1S/C16H9BrCl2N2O/c17-12-5-6-14(15-10(12)2-1-7-20-15)21-16(22)11-4-3-9(18)8-13(11)19/h1-8H,(H,21,22). The molecule has 3 aromatic rings. The molecule has 1 N–H and O–H groups in total. The summed E-state index contributed by atoms with van der Waals surface area (Å²) in [4.78, 5) is 16.7. The van der Waals surface area contributed by atoms with Crippen LogP contribution in [0.2, 0.25) is 10.0 Å². The lowest BCUT2D eigenvalue weighted by Gasteiger charge is -2.10. The fourth-order valence-electron chi connectivity index (χ4n) is 2.10. The number of fused-ring (bicyclic) bond motifs is 1. The fourth-order valence-corrected chi connectivity index (χ4v) is 3.05. The summed E-state index contributed by atoms with van der Waals surface area (Å²) in [7, 11) is 0. The van der Waals surface area contributed by atoms with E-state index in [0.717, 1.165) is 9.86 Å². The molecule has 6 heteroatoms. The zero-order valence-electron chi connectivity index (χ0n) is 11.1. The van der Waals surface area contributed by atoms with Gasteiger partial charge in [0.15, 0.2) is 0 Å². The van der Waals surface area contributed by atoms with Gasteiger partial charge in [-0.05, 0) is 36.4 Å². The summed E-state index contributed by atoms with van der Waals surface area (Å²) in [5, 5.41) is 4.55. The van der Waals surface area contributed by atoms with E-state index in [4.69, 9.17) is 23.2 Å². The molecular formula is C16H9BrCl2N2O. The summed E-state index contributed by atoms with van der Waals surface area (Å²) >= 11 is 15.4. The van der Waals surface area contributed by atoms with Crippen molar-refractivity contribution in [2.24, 2.45) is 0 Å². The predicted molar refractivity (Wildman–Crippen MR) is 93.9 cm³/mol. The summed E-state index contributed by atoms with van der Waals surface area (Å²) < 4.78 is 0.915. The third-order valence-corrected chi connectivity index (χ3v) is 4.38. The van der Waals surface area contributed by atoms with Crippen LogP contribution >= 0.6 is 39.1 Å². The van der Waals surface area contributed by atoms with Crippen LogP contribution < -0.4 is 5.32 Å². The van der Waals surface area contributed by atoms with Crippen LogP contribution in [0.15, 0.2) is 53.1 Å². The second-order valence-electron chi connectivity index (χ2n) is 4.57. The summed E-state index contributed by atoms with van der Waals surface area (Å²) in [6.07, 6.45) is 1.68. The van der Waals surface area contributed by atoms with Crippen molar-refractivity contribution in [2.75, 3.05) is 5.32 Å². The third-order valence-electron chi connectivity index (χ3n) is 3.14. The number of nitrogens with one attached hydrogen (secondary N) is 1. The molecule has 0 bridgehead atoms. The Morgan fingerprint density at radius 2 is 1.95 bits per heavy atom. The maximum absolute atomic E-state index is 12.4. The molecule has 1 amide bonds. The molecule has 0 aliphatic heterocycles. The molecule has 0 saturated carbocycles. The van der Waals surface area contributed by atoms with E-state index < -0.39 is 0 Å². The van der Waals surface area contributed by atoms with Crippen LogP contribution in [0, 0.1) is 0 Å². The fraction of sp³-hybridized carbons (Fsp3) is 0. The van der Waals surface area contributed by atoms with Gasteiger partial charge in [0.25, 0.3) is 5.91 Å². The highest BCUT2D eigenvalue weighted by atomic mass is 79.9. The lowest BCUT2D eigenvalue weighted by molar-refractivity contribution is 0.102. The highest BCUT2D eigenvalue weighted by Gasteiger charge is 2.13. The number of hydrogen-bond donors (Lipinski definition) is 1. The molecule has 0 fully saturated rings. The maximum atomic E-state index is 12.4. The lowest BCUT2D eigenvalue weighted by atomic mass is 10.1. The van der Waals surface area contributed by atoms with Gasteiger partial charge in [0.05, 0.1) is 21.8 Å². The Bertz CT molecular complexity index is 883. The Balaban J connectivity index is 2.00. The average molecular weight is 396 g/mol.